The lowest BCUT2D eigenvalue weighted by molar-refractivity contribution is -0.120. The number of benzene rings is 1. The molecule has 1 aromatic heterocycles. The fourth-order valence-corrected chi connectivity index (χ4v) is 2.02. The number of pyridine rings is 1. The summed E-state index contributed by atoms with van der Waals surface area (Å²) in [5, 5.41) is 4.10. The third-order valence-electron chi connectivity index (χ3n) is 3.26. The summed E-state index contributed by atoms with van der Waals surface area (Å²) < 4.78 is 10.4. The smallest absolute Gasteiger partial charge is 0.244 e. The van der Waals surface area contributed by atoms with Crippen LogP contribution in [0.15, 0.2) is 47.8 Å². The quantitative estimate of drug-likeness (QED) is 0.655. The van der Waals surface area contributed by atoms with Crippen LogP contribution >= 0.6 is 0 Å². The van der Waals surface area contributed by atoms with Crippen molar-refractivity contribution in [1.29, 1.82) is 0 Å². The van der Waals surface area contributed by atoms with Crippen LogP contribution in [0.3, 0.4) is 0 Å². The van der Waals surface area contributed by atoms with E-state index in [0.29, 0.717) is 17.2 Å². The lowest BCUT2D eigenvalue weighted by atomic mass is 10.1. The molecule has 0 saturated carbocycles. The van der Waals surface area contributed by atoms with Gasteiger partial charge in [-0.3, -0.25) is 9.78 Å². The van der Waals surface area contributed by atoms with Crippen LogP contribution in [0.5, 0.6) is 11.5 Å². The van der Waals surface area contributed by atoms with Gasteiger partial charge in [0.25, 0.3) is 0 Å². The van der Waals surface area contributed by atoms with E-state index in [4.69, 9.17) is 9.47 Å². The van der Waals surface area contributed by atoms with Crippen LogP contribution in [0.4, 0.5) is 0 Å². The Morgan fingerprint density at radius 3 is 2.48 bits per heavy atom. The normalized spacial score (nSPS) is 11.0. The van der Waals surface area contributed by atoms with E-state index in [1.54, 1.807) is 38.7 Å². The van der Waals surface area contributed by atoms with Crippen LogP contribution in [0, 0.1) is 0 Å². The Kier molecular flexibility index (Phi) is 5.68. The molecule has 0 aliphatic heterocycles. The molecule has 6 heteroatoms. The Balaban J connectivity index is 2.00. The van der Waals surface area contributed by atoms with E-state index in [2.05, 4.69) is 15.5 Å². The molecule has 1 heterocycles. The lowest BCUT2D eigenvalue weighted by Gasteiger charge is -2.09. The fourth-order valence-electron chi connectivity index (χ4n) is 2.02. The summed E-state index contributed by atoms with van der Waals surface area (Å²) in [4.78, 5) is 15.9. The van der Waals surface area contributed by atoms with E-state index >= 15 is 0 Å². The Bertz CT molecular complexity index is 699. The van der Waals surface area contributed by atoms with Crippen molar-refractivity contribution in [2.45, 2.75) is 13.3 Å². The topological polar surface area (TPSA) is 72.8 Å². The van der Waals surface area contributed by atoms with E-state index in [-0.39, 0.29) is 12.3 Å². The maximum atomic E-state index is 12.0. The van der Waals surface area contributed by atoms with Gasteiger partial charge in [0.1, 0.15) is 0 Å². The Hall–Kier alpha value is -2.89. The van der Waals surface area contributed by atoms with Crippen molar-refractivity contribution < 1.29 is 14.3 Å². The first-order valence-electron chi connectivity index (χ1n) is 7.08. The maximum Gasteiger partial charge on any atom is 0.244 e. The molecule has 120 valence electrons. The molecule has 1 N–H and O–H groups in total. The van der Waals surface area contributed by atoms with Gasteiger partial charge in [-0.15, -0.1) is 0 Å². The first kappa shape index (κ1) is 16.5. The molecular weight excluding hydrogens is 294 g/mol. The number of ether oxygens (including phenoxy) is 2. The third kappa shape index (κ3) is 4.54. The highest BCUT2D eigenvalue weighted by atomic mass is 16.5. The number of carbonyl (C=O) groups is 1. The summed E-state index contributed by atoms with van der Waals surface area (Å²) in [5.41, 5.74) is 4.99. The molecule has 0 saturated heterocycles. The summed E-state index contributed by atoms with van der Waals surface area (Å²) in [6.45, 7) is 1.83. The van der Waals surface area contributed by atoms with Gasteiger partial charge in [0, 0.05) is 18.0 Å². The number of amides is 1. The van der Waals surface area contributed by atoms with E-state index in [9.17, 15) is 4.79 Å². The molecule has 2 aromatic rings. The van der Waals surface area contributed by atoms with Gasteiger partial charge in [0.05, 0.1) is 26.4 Å². The molecule has 0 aliphatic carbocycles. The van der Waals surface area contributed by atoms with Crippen LogP contribution in [0.25, 0.3) is 0 Å². The molecule has 1 amide bonds. The van der Waals surface area contributed by atoms with E-state index < -0.39 is 0 Å². The zero-order chi connectivity index (χ0) is 16.7. The van der Waals surface area contributed by atoms with Gasteiger partial charge in [0.2, 0.25) is 5.91 Å². The van der Waals surface area contributed by atoms with Crippen LogP contribution in [-0.2, 0) is 11.2 Å². The molecule has 0 bridgehead atoms. The number of hydrazone groups is 1. The van der Waals surface area contributed by atoms with Gasteiger partial charge in [-0.2, -0.15) is 5.10 Å². The minimum Gasteiger partial charge on any atom is -0.493 e. The maximum absolute atomic E-state index is 12.0. The van der Waals surface area contributed by atoms with Crippen molar-refractivity contribution >= 4 is 11.6 Å². The molecule has 2 rings (SSSR count). The summed E-state index contributed by atoms with van der Waals surface area (Å²) in [7, 11) is 3.13. The molecular formula is C17H19N3O3. The summed E-state index contributed by atoms with van der Waals surface area (Å²) in [6.07, 6.45) is 3.56. The number of rotatable bonds is 6. The van der Waals surface area contributed by atoms with Crippen molar-refractivity contribution in [3.63, 3.8) is 0 Å². The van der Waals surface area contributed by atoms with Crippen molar-refractivity contribution in [3.05, 3.63) is 53.9 Å². The van der Waals surface area contributed by atoms with Crippen LogP contribution < -0.4 is 14.9 Å². The average molecular weight is 313 g/mol. The van der Waals surface area contributed by atoms with Crippen LogP contribution in [0.1, 0.15) is 18.1 Å². The number of aromatic nitrogens is 1. The average Bonchev–Trinajstić information content (AvgIpc) is 2.60. The summed E-state index contributed by atoms with van der Waals surface area (Å²) in [6, 6.07) is 9.03. The van der Waals surface area contributed by atoms with E-state index in [0.717, 1.165) is 11.1 Å². The molecule has 0 atom stereocenters. The Morgan fingerprint density at radius 2 is 1.83 bits per heavy atom. The third-order valence-corrected chi connectivity index (χ3v) is 3.26. The Morgan fingerprint density at radius 1 is 1.13 bits per heavy atom. The van der Waals surface area contributed by atoms with Crippen molar-refractivity contribution in [2.24, 2.45) is 5.10 Å². The molecule has 6 nitrogen and oxygen atoms in total. The van der Waals surface area contributed by atoms with Gasteiger partial charge in [-0.25, -0.2) is 5.43 Å². The number of nitrogens with one attached hydrogen (secondary N) is 1. The second kappa shape index (κ2) is 7.93. The number of nitrogens with zero attached hydrogens (tertiary/aromatic N) is 2. The van der Waals surface area contributed by atoms with Gasteiger partial charge >= 0.3 is 0 Å². The highest BCUT2D eigenvalue weighted by molar-refractivity contribution is 5.99. The Labute approximate surface area is 135 Å². The largest absolute Gasteiger partial charge is 0.493 e. The molecule has 0 aliphatic rings. The number of hydrogen-bond acceptors (Lipinski definition) is 5. The van der Waals surface area contributed by atoms with Crippen molar-refractivity contribution in [1.82, 2.24) is 10.4 Å². The number of carbonyl (C=O) groups excluding carboxylic acids is 1. The highest BCUT2D eigenvalue weighted by Gasteiger charge is 2.08. The molecule has 0 radical (unpaired) electrons. The summed E-state index contributed by atoms with van der Waals surface area (Å²) in [5.74, 6) is 1.02. The van der Waals surface area contributed by atoms with Gasteiger partial charge in [0.15, 0.2) is 11.5 Å². The van der Waals surface area contributed by atoms with E-state index in [1.807, 2.05) is 25.1 Å². The standard InChI is InChI=1S/C17H19N3O3/c1-12(14-6-8-18-9-7-14)19-20-17(21)11-13-4-5-15(22-2)16(10-13)23-3/h4-10H,11H2,1-3H3,(H,20,21)/b19-12-. The van der Waals surface area contributed by atoms with Gasteiger partial charge in [-0.1, -0.05) is 6.07 Å². The molecule has 0 fully saturated rings. The van der Waals surface area contributed by atoms with E-state index in [1.165, 1.54) is 0 Å². The highest BCUT2D eigenvalue weighted by Crippen LogP contribution is 2.27. The molecule has 0 spiro atoms. The zero-order valence-corrected chi connectivity index (χ0v) is 13.4. The molecule has 0 unspecified atom stereocenters. The predicted octanol–water partition coefficient (Wildman–Crippen LogP) is 2.18. The van der Waals surface area contributed by atoms with Crippen LogP contribution in [-0.4, -0.2) is 30.8 Å². The van der Waals surface area contributed by atoms with Crippen LogP contribution in [0.2, 0.25) is 0 Å². The summed E-state index contributed by atoms with van der Waals surface area (Å²) >= 11 is 0. The zero-order valence-electron chi connectivity index (χ0n) is 13.4. The lowest BCUT2D eigenvalue weighted by Crippen LogP contribution is -2.21. The predicted molar refractivity (Wildman–Crippen MR) is 87.8 cm³/mol. The van der Waals surface area contributed by atoms with Crippen molar-refractivity contribution in [3.8, 4) is 11.5 Å². The number of methoxy groups -OCH3 is 2. The van der Waals surface area contributed by atoms with Gasteiger partial charge < -0.3 is 9.47 Å². The monoisotopic (exact) mass is 313 g/mol. The van der Waals surface area contributed by atoms with Gasteiger partial charge in [-0.05, 0) is 36.8 Å². The fraction of sp³-hybridized carbons (Fsp3) is 0.235. The minimum absolute atomic E-state index is 0.202. The first-order chi connectivity index (χ1) is 11.1. The van der Waals surface area contributed by atoms with Crippen molar-refractivity contribution in [2.75, 3.05) is 14.2 Å². The first-order valence-corrected chi connectivity index (χ1v) is 7.08. The second-order valence-corrected chi connectivity index (χ2v) is 4.83. The minimum atomic E-state index is -0.203. The number of hydrogen-bond donors (Lipinski definition) is 1. The second-order valence-electron chi connectivity index (χ2n) is 4.83. The molecule has 23 heavy (non-hydrogen) atoms. The SMILES string of the molecule is COc1ccc(CC(=O)N/N=C(/C)c2ccncc2)cc1OC. The molecule has 1 aromatic carbocycles.